The van der Waals surface area contributed by atoms with Crippen LogP contribution in [0.2, 0.25) is 0 Å². The van der Waals surface area contributed by atoms with Crippen LogP contribution in [0.25, 0.3) is 0 Å². The van der Waals surface area contributed by atoms with Gasteiger partial charge in [0.2, 0.25) is 0 Å². The highest BCUT2D eigenvalue weighted by molar-refractivity contribution is 6.04. The Morgan fingerprint density at radius 2 is 2.08 bits per heavy atom. The molecule has 1 N–H and O–H groups in total. The maximum absolute atomic E-state index is 11.7. The zero-order valence-electron chi connectivity index (χ0n) is 7.58. The molecule has 2 rings (SSSR count). The lowest BCUT2D eigenvalue weighted by atomic mass is 9.69. The van der Waals surface area contributed by atoms with Crippen LogP contribution in [-0.2, 0) is 9.59 Å². The lowest BCUT2D eigenvalue weighted by molar-refractivity contribution is -0.158. The van der Waals surface area contributed by atoms with E-state index in [1.54, 1.807) is 0 Å². The van der Waals surface area contributed by atoms with Crippen molar-refractivity contribution in [3.05, 3.63) is 0 Å². The first-order valence-corrected chi connectivity index (χ1v) is 4.94. The van der Waals surface area contributed by atoms with Crippen LogP contribution < -0.4 is 0 Å². The van der Waals surface area contributed by atoms with Crippen molar-refractivity contribution in [1.82, 2.24) is 0 Å². The van der Waals surface area contributed by atoms with Gasteiger partial charge < -0.3 is 5.11 Å². The Balaban J connectivity index is 2.28. The molecule has 72 valence electrons. The van der Waals surface area contributed by atoms with E-state index in [1.807, 2.05) is 0 Å². The van der Waals surface area contributed by atoms with Gasteiger partial charge in [-0.05, 0) is 31.6 Å². The van der Waals surface area contributed by atoms with Crippen LogP contribution in [0, 0.1) is 11.3 Å². The second-order valence-electron chi connectivity index (χ2n) is 4.18. The SMILES string of the molecule is O=C(O)C1(C2CC2)CCCCC1=O. The number of carbonyl (C=O) groups is 2. The zero-order valence-corrected chi connectivity index (χ0v) is 7.58. The van der Waals surface area contributed by atoms with Crippen LogP contribution in [0.5, 0.6) is 0 Å². The minimum atomic E-state index is -0.974. The molecule has 2 saturated carbocycles. The van der Waals surface area contributed by atoms with Gasteiger partial charge in [-0.3, -0.25) is 9.59 Å². The first kappa shape index (κ1) is 8.73. The van der Waals surface area contributed by atoms with Crippen LogP contribution in [0.4, 0.5) is 0 Å². The van der Waals surface area contributed by atoms with E-state index in [9.17, 15) is 9.59 Å². The molecule has 3 nitrogen and oxygen atoms in total. The van der Waals surface area contributed by atoms with E-state index < -0.39 is 11.4 Å². The van der Waals surface area contributed by atoms with Crippen LogP contribution in [-0.4, -0.2) is 16.9 Å². The number of carboxylic acid groups (broad SMARTS) is 1. The van der Waals surface area contributed by atoms with Gasteiger partial charge in [-0.15, -0.1) is 0 Å². The molecule has 0 radical (unpaired) electrons. The Kier molecular flexibility index (Phi) is 1.90. The van der Waals surface area contributed by atoms with E-state index >= 15 is 0 Å². The van der Waals surface area contributed by atoms with Crippen molar-refractivity contribution in [3.8, 4) is 0 Å². The molecule has 0 bridgehead atoms. The second kappa shape index (κ2) is 2.82. The molecule has 2 aliphatic carbocycles. The van der Waals surface area contributed by atoms with Gasteiger partial charge in [0.25, 0.3) is 0 Å². The van der Waals surface area contributed by atoms with Crippen molar-refractivity contribution in [2.45, 2.75) is 38.5 Å². The predicted molar refractivity (Wildman–Crippen MR) is 46.3 cm³/mol. The molecular formula is C10H14O3. The van der Waals surface area contributed by atoms with E-state index in [0.717, 1.165) is 25.7 Å². The summed E-state index contributed by atoms with van der Waals surface area (Å²) >= 11 is 0. The van der Waals surface area contributed by atoms with E-state index in [-0.39, 0.29) is 11.7 Å². The number of carbonyl (C=O) groups excluding carboxylic acids is 1. The summed E-state index contributed by atoms with van der Waals surface area (Å²) in [4.78, 5) is 22.8. The van der Waals surface area contributed by atoms with Gasteiger partial charge in [0.05, 0.1) is 0 Å². The predicted octanol–water partition coefficient (Wildman–Crippen LogP) is 1.61. The van der Waals surface area contributed by atoms with E-state index in [1.165, 1.54) is 0 Å². The first-order chi connectivity index (χ1) is 6.18. The standard InChI is InChI=1S/C10H14O3/c11-8-3-1-2-6-10(8,9(12)13)7-4-5-7/h7H,1-6H2,(H,12,13). The number of hydrogen-bond donors (Lipinski definition) is 1. The summed E-state index contributed by atoms with van der Waals surface area (Å²) < 4.78 is 0. The number of rotatable bonds is 2. The van der Waals surface area contributed by atoms with Crippen molar-refractivity contribution in [3.63, 3.8) is 0 Å². The Morgan fingerprint density at radius 1 is 1.38 bits per heavy atom. The van der Waals surface area contributed by atoms with Crippen LogP contribution in [0.15, 0.2) is 0 Å². The highest BCUT2D eigenvalue weighted by atomic mass is 16.4. The van der Waals surface area contributed by atoms with Crippen molar-refractivity contribution < 1.29 is 14.7 Å². The van der Waals surface area contributed by atoms with E-state index in [0.29, 0.717) is 12.8 Å². The fraction of sp³-hybridized carbons (Fsp3) is 0.800. The molecule has 3 heteroatoms. The van der Waals surface area contributed by atoms with Gasteiger partial charge in [-0.2, -0.15) is 0 Å². The molecule has 1 atom stereocenters. The summed E-state index contributed by atoms with van der Waals surface area (Å²) in [6.45, 7) is 0. The quantitative estimate of drug-likeness (QED) is 0.660. The topological polar surface area (TPSA) is 54.4 Å². The Hall–Kier alpha value is -0.860. The molecule has 0 spiro atoms. The normalized spacial score (nSPS) is 34.6. The summed E-state index contributed by atoms with van der Waals surface area (Å²) in [5.41, 5.74) is -0.974. The zero-order chi connectivity index (χ0) is 9.47. The molecular weight excluding hydrogens is 168 g/mol. The molecule has 0 aromatic rings. The molecule has 2 aliphatic rings. The number of ketones is 1. The highest BCUT2D eigenvalue weighted by Gasteiger charge is 2.56. The van der Waals surface area contributed by atoms with Gasteiger partial charge in [-0.25, -0.2) is 0 Å². The van der Waals surface area contributed by atoms with Crippen LogP contribution >= 0.6 is 0 Å². The van der Waals surface area contributed by atoms with Crippen molar-refractivity contribution in [2.24, 2.45) is 11.3 Å². The molecule has 0 saturated heterocycles. The highest BCUT2D eigenvalue weighted by Crippen LogP contribution is 2.51. The third-order valence-electron chi connectivity index (χ3n) is 3.38. The smallest absolute Gasteiger partial charge is 0.317 e. The lowest BCUT2D eigenvalue weighted by Crippen LogP contribution is -2.43. The van der Waals surface area contributed by atoms with Gasteiger partial charge in [0, 0.05) is 6.42 Å². The average molecular weight is 182 g/mol. The fourth-order valence-corrected chi connectivity index (χ4v) is 2.46. The molecule has 0 aliphatic heterocycles. The average Bonchev–Trinajstić information content (AvgIpc) is 2.88. The third-order valence-corrected chi connectivity index (χ3v) is 3.38. The van der Waals surface area contributed by atoms with E-state index in [4.69, 9.17) is 5.11 Å². The summed E-state index contributed by atoms with van der Waals surface area (Å²) in [5.74, 6) is -0.744. The number of carboxylic acids is 1. The molecule has 0 aromatic heterocycles. The molecule has 1 unspecified atom stereocenters. The summed E-state index contributed by atoms with van der Waals surface area (Å²) in [6, 6.07) is 0. The van der Waals surface area contributed by atoms with E-state index in [2.05, 4.69) is 0 Å². The largest absolute Gasteiger partial charge is 0.480 e. The van der Waals surface area contributed by atoms with Gasteiger partial charge >= 0.3 is 5.97 Å². The third kappa shape index (κ3) is 1.18. The summed E-state index contributed by atoms with van der Waals surface area (Å²) in [5, 5.41) is 9.15. The van der Waals surface area contributed by atoms with Gasteiger partial charge in [0.1, 0.15) is 11.2 Å². The van der Waals surface area contributed by atoms with Gasteiger partial charge in [0.15, 0.2) is 0 Å². The van der Waals surface area contributed by atoms with Crippen molar-refractivity contribution in [2.75, 3.05) is 0 Å². The lowest BCUT2D eigenvalue weighted by Gasteiger charge is -2.31. The maximum Gasteiger partial charge on any atom is 0.317 e. The molecule has 2 fully saturated rings. The number of hydrogen-bond acceptors (Lipinski definition) is 2. The van der Waals surface area contributed by atoms with Crippen molar-refractivity contribution >= 4 is 11.8 Å². The van der Waals surface area contributed by atoms with Gasteiger partial charge in [-0.1, -0.05) is 6.42 Å². The molecule has 0 heterocycles. The maximum atomic E-state index is 11.7. The summed E-state index contributed by atoms with van der Waals surface area (Å²) in [6.07, 6.45) is 4.68. The van der Waals surface area contributed by atoms with Crippen molar-refractivity contribution in [1.29, 1.82) is 0 Å². The minimum Gasteiger partial charge on any atom is -0.480 e. The monoisotopic (exact) mass is 182 g/mol. The Labute approximate surface area is 77.1 Å². The Bertz CT molecular complexity index is 255. The number of aliphatic carboxylic acids is 1. The second-order valence-corrected chi connectivity index (χ2v) is 4.18. The Morgan fingerprint density at radius 3 is 2.54 bits per heavy atom. The molecule has 13 heavy (non-hydrogen) atoms. The van der Waals surface area contributed by atoms with Crippen LogP contribution in [0.3, 0.4) is 0 Å². The number of Topliss-reactive ketones (excluding diaryl/α,β-unsaturated/α-hetero) is 1. The molecule has 0 aromatic carbocycles. The summed E-state index contributed by atoms with van der Waals surface area (Å²) in [7, 11) is 0. The fourth-order valence-electron chi connectivity index (χ4n) is 2.46. The van der Waals surface area contributed by atoms with Crippen LogP contribution in [0.1, 0.15) is 38.5 Å². The first-order valence-electron chi connectivity index (χ1n) is 4.94. The molecule has 0 amide bonds. The minimum absolute atomic E-state index is 0.0197.